The SMILES string of the molecule is Cc1ccc(-c2nc(C)c([C@@H](C)NC(=O)[C@@H](C)N3C(=O)NC4(CCCC4)C3=O)s2)cc1. The Kier molecular flexibility index (Phi) is 5.60. The van der Waals surface area contributed by atoms with Gasteiger partial charge in [-0.15, -0.1) is 11.3 Å². The Hall–Kier alpha value is -2.74. The van der Waals surface area contributed by atoms with E-state index in [1.807, 2.05) is 45.0 Å². The molecule has 4 amide bonds. The molecule has 1 aliphatic carbocycles. The molecule has 0 unspecified atom stereocenters. The van der Waals surface area contributed by atoms with E-state index in [1.54, 1.807) is 18.3 Å². The van der Waals surface area contributed by atoms with Gasteiger partial charge >= 0.3 is 6.03 Å². The summed E-state index contributed by atoms with van der Waals surface area (Å²) in [5.41, 5.74) is 2.28. The van der Waals surface area contributed by atoms with Gasteiger partial charge < -0.3 is 10.6 Å². The lowest BCUT2D eigenvalue weighted by atomic mass is 9.97. The third-order valence-corrected chi connectivity index (χ3v) is 7.69. The lowest BCUT2D eigenvalue weighted by Crippen LogP contribution is -2.50. The minimum atomic E-state index is -0.875. The number of carbonyl (C=O) groups excluding carboxylic acids is 3. The molecule has 164 valence electrons. The van der Waals surface area contributed by atoms with E-state index < -0.39 is 17.6 Å². The molecule has 2 heterocycles. The summed E-state index contributed by atoms with van der Waals surface area (Å²) in [6, 6.07) is 6.55. The van der Waals surface area contributed by atoms with E-state index in [-0.39, 0.29) is 17.9 Å². The van der Waals surface area contributed by atoms with Crippen LogP contribution in [-0.2, 0) is 9.59 Å². The van der Waals surface area contributed by atoms with Crippen LogP contribution in [0.2, 0.25) is 0 Å². The molecule has 2 atom stereocenters. The quantitative estimate of drug-likeness (QED) is 0.691. The topological polar surface area (TPSA) is 91.4 Å². The van der Waals surface area contributed by atoms with E-state index in [4.69, 9.17) is 0 Å². The van der Waals surface area contributed by atoms with Gasteiger partial charge in [0.05, 0.1) is 16.6 Å². The van der Waals surface area contributed by atoms with E-state index in [1.165, 1.54) is 5.56 Å². The summed E-state index contributed by atoms with van der Waals surface area (Å²) >= 11 is 1.54. The van der Waals surface area contributed by atoms with Crippen molar-refractivity contribution in [2.45, 2.75) is 71.0 Å². The first-order valence-corrected chi connectivity index (χ1v) is 11.5. The third-order valence-electron chi connectivity index (χ3n) is 6.30. The first-order valence-electron chi connectivity index (χ1n) is 10.7. The number of urea groups is 1. The number of thiazole rings is 1. The largest absolute Gasteiger partial charge is 0.347 e. The number of imide groups is 1. The second kappa shape index (κ2) is 8.07. The van der Waals surface area contributed by atoms with Crippen molar-refractivity contribution < 1.29 is 14.4 Å². The van der Waals surface area contributed by atoms with Crippen LogP contribution in [0.15, 0.2) is 24.3 Å². The van der Waals surface area contributed by atoms with Crippen molar-refractivity contribution in [1.29, 1.82) is 0 Å². The summed E-state index contributed by atoms with van der Waals surface area (Å²) in [6.45, 7) is 7.47. The standard InChI is InChI=1S/C23H28N4O3S/c1-13-7-9-17(10-8-13)20-25-15(3)18(31-20)14(2)24-19(28)16(4)27-21(29)23(26-22(27)30)11-5-6-12-23/h7-10,14,16H,5-6,11-12H2,1-4H3,(H,24,28)(H,26,30)/t14-,16-/m1/s1. The summed E-state index contributed by atoms with van der Waals surface area (Å²) in [5.74, 6) is -0.628. The van der Waals surface area contributed by atoms with Gasteiger partial charge in [0.25, 0.3) is 5.91 Å². The number of benzene rings is 1. The molecule has 1 aliphatic heterocycles. The van der Waals surface area contributed by atoms with E-state index in [2.05, 4.69) is 15.6 Å². The highest BCUT2D eigenvalue weighted by Crippen LogP contribution is 2.36. The number of hydrogen-bond donors (Lipinski definition) is 2. The van der Waals surface area contributed by atoms with Crippen LogP contribution in [0.25, 0.3) is 10.6 Å². The summed E-state index contributed by atoms with van der Waals surface area (Å²) in [7, 11) is 0. The highest BCUT2D eigenvalue weighted by Gasteiger charge is 2.54. The molecule has 1 saturated heterocycles. The Morgan fingerprint density at radius 1 is 1.16 bits per heavy atom. The van der Waals surface area contributed by atoms with Crippen LogP contribution in [0.5, 0.6) is 0 Å². The van der Waals surface area contributed by atoms with Gasteiger partial charge in [0.2, 0.25) is 5.91 Å². The minimum absolute atomic E-state index is 0.277. The summed E-state index contributed by atoms with van der Waals surface area (Å²) in [6.07, 6.45) is 3.10. The fourth-order valence-electron chi connectivity index (χ4n) is 4.46. The summed E-state index contributed by atoms with van der Waals surface area (Å²) < 4.78 is 0. The number of aromatic nitrogens is 1. The molecule has 31 heavy (non-hydrogen) atoms. The fourth-order valence-corrected chi connectivity index (χ4v) is 5.53. The highest BCUT2D eigenvalue weighted by molar-refractivity contribution is 7.15. The highest BCUT2D eigenvalue weighted by atomic mass is 32.1. The maximum Gasteiger partial charge on any atom is 0.325 e. The van der Waals surface area contributed by atoms with Crippen molar-refractivity contribution >= 4 is 29.2 Å². The Morgan fingerprint density at radius 3 is 2.45 bits per heavy atom. The van der Waals surface area contributed by atoms with E-state index in [0.29, 0.717) is 12.8 Å². The van der Waals surface area contributed by atoms with Crippen LogP contribution in [-0.4, -0.2) is 39.3 Å². The van der Waals surface area contributed by atoms with Crippen LogP contribution in [0.4, 0.5) is 4.79 Å². The molecule has 2 aromatic rings. The summed E-state index contributed by atoms with van der Waals surface area (Å²) in [4.78, 5) is 45.1. The second-order valence-electron chi connectivity index (χ2n) is 8.64. The molecule has 1 aromatic carbocycles. The molecule has 1 aromatic heterocycles. The van der Waals surface area contributed by atoms with Gasteiger partial charge in [0.1, 0.15) is 16.6 Å². The Labute approximate surface area is 186 Å². The number of hydrogen-bond acceptors (Lipinski definition) is 5. The smallest absolute Gasteiger partial charge is 0.325 e. The normalized spacial score (nSPS) is 19.5. The number of carbonyl (C=O) groups is 3. The molecule has 2 aliphatic rings. The number of nitrogens with one attached hydrogen (secondary N) is 2. The molecule has 0 bridgehead atoms. The van der Waals surface area contributed by atoms with Gasteiger partial charge in [0, 0.05) is 5.56 Å². The molecule has 2 N–H and O–H groups in total. The van der Waals surface area contributed by atoms with E-state index >= 15 is 0 Å². The van der Waals surface area contributed by atoms with Crippen LogP contribution < -0.4 is 10.6 Å². The fraction of sp³-hybridized carbons (Fsp3) is 0.478. The van der Waals surface area contributed by atoms with Crippen molar-refractivity contribution in [1.82, 2.24) is 20.5 Å². The zero-order valence-electron chi connectivity index (χ0n) is 18.3. The molecule has 0 radical (unpaired) electrons. The average Bonchev–Trinajstić information content (AvgIpc) is 3.41. The van der Waals surface area contributed by atoms with Crippen molar-refractivity contribution in [3.05, 3.63) is 40.4 Å². The van der Waals surface area contributed by atoms with Crippen LogP contribution in [0, 0.1) is 13.8 Å². The third kappa shape index (κ3) is 3.84. The maximum atomic E-state index is 12.9. The molecule has 1 spiro atoms. The van der Waals surface area contributed by atoms with Crippen molar-refractivity contribution in [2.75, 3.05) is 0 Å². The second-order valence-corrected chi connectivity index (χ2v) is 9.67. The van der Waals surface area contributed by atoms with Gasteiger partial charge in [-0.1, -0.05) is 42.7 Å². The van der Waals surface area contributed by atoms with Crippen molar-refractivity contribution in [3.8, 4) is 10.6 Å². The van der Waals surface area contributed by atoms with Crippen LogP contribution in [0.3, 0.4) is 0 Å². The predicted molar refractivity (Wildman–Crippen MR) is 120 cm³/mol. The average molecular weight is 441 g/mol. The number of amides is 4. The Bertz CT molecular complexity index is 1020. The predicted octanol–water partition coefficient (Wildman–Crippen LogP) is 3.86. The van der Waals surface area contributed by atoms with Gasteiger partial charge in [0.15, 0.2) is 0 Å². The maximum absolute atomic E-state index is 12.9. The number of rotatable bonds is 5. The lowest BCUT2D eigenvalue weighted by molar-refractivity contribution is -0.138. The van der Waals surface area contributed by atoms with E-state index in [9.17, 15) is 14.4 Å². The summed E-state index contributed by atoms with van der Waals surface area (Å²) in [5, 5.41) is 6.70. The van der Waals surface area contributed by atoms with Crippen LogP contribution >= 0.6 is 11.3 Å². The van der Waals surface area contributed by atoms with Gasteiger partial charge in [-0.25, -0.2) is 14.7 Å². The Morgan fingerprint density at radius 2 is 1.81 bits per heavy atom. The zero-order valence-corrected chi connectivity index (χ0v) is 19.1. The van der Waals surface area contributed by atoms with Gasteiger partial charge in [-0.2, -0.15) is 0 Å². The molecule has 4 rings (SSSR count). The van der Waals surface area contributed by atoms with Crippen molar-refractivity contribution in [3.63, 3.8) is 0 Å². The van der Waals surface area contributed by atoms with E-state index in [0.717, 1.165) is 38.9 Å². The lowest BCUT2D eigenvalue weighted by Gasteiger charge is -2.24. The number of aryl methyl sites for hydroxylation is 2. The molecule has 2 fully saturated rings. The van der Waals surface area contributed by atoms with Gasteiger partial charge in [-0.3, -0.25) is 9.59 Å². The number of nitrogens with zero attached hydrogens (tertiary/aromatic N) is 2. The molecular weight excluding hydrogens is 412 g/mol. The first-order chi connectivity index (χ1) is 14.7. The first kappa shape index (κ1) is 21.5. The molecule has 7 nitrogen and oxygen atoms in total. The molecule has 1 saturated carbocycles. The van der Waals surface area contributed by atoms with Crippen LogP contribution in [0.1, 0.15) is 61.7 Å². The minimum Gasteiger partial charge on any atom is -0.347 e. The monoisotopic (exact) mass is 440 g/mol. The Balaban J connectivity index is 1.47. The molecule has 8 heteroatoms. The zero-order chi connectivity index (χ0) is 22.3. The van der Waals surface area contributed by atoms with Gasteiger partial charge in [-0.05, 0) is 40.5 Å². The van der Waals surface area contributed by atoms with Crippen molar-refractivity contribution in [2.24, 2.45) is 0 Å². The molecular formula is C23H28N4O3S.